The summed E-state index contributed by atoms with van der Waals surface area (Å²) in [6, 6.07) is 7.19. The van der Waals surface area contributed by atoms with Crippen LogP contribution in [0.2, 0.25) is 0 Å². The van der Waals surface area contributed by atoms with Gasteiger partial charge in [0.05, 0.1) is 0 Å². The third kappa shape index (κ3) is 3.62. The summed E-state index contributed by atoms with van der Waals surface area (Å²) >= 11 is 0. The number of H-pyrrole nitrogens is 1. The minimum absolute atomic E-state index is 0.121. The largest absolute Gasteiger partial charge is 0.343 e. The molecule has 1 aliphatic heterocycles. The van der Waals surface area contributed by atoms with Gasteiger partial charge in [0.15, 0.2) is 0 Å². The Hall–Kier alpha value is -1.92. The number of hydrogen-bond acceptors (Lipinski definition) is 4. The quantitative estimate of drug-likeness (QED) is 0.762. The fourth-order valence-corrected chi connectivity index (χ4v) is 4.54. The van der Waals surface area contributed by atoms with Crippen molar-refractivity contribution in [3.63, 3.8) is 0 Å². The Morgan fingerprint density at radius 1 is 1.31 bits per heavy atom. The molecular weight excluding hydrogens is 326 g/mol. The Morgan fingerprint density at radius 2 is 2.19 bits per heavy atom. The first-order valence-electron chi connectivity index (χ1n) is 9.86. The van der Waals surface area contributed by atoms with Gasteiger partial charge in [-0.05, 0) is 48.4 Å². The number of nitrogens with zero attached hydrogens (tertiary/aromatic N) is 2. The van der Waals surface area contributed by atoms with E-state index in [0.29, 0.717) is 12.0 Å². The molecule has 2 atom stereocenters. The van der Waals surface area contributed by atoms with E-state index in [9.17, 15) is 4.79 Å². The lowest BCUT2D eigenvalue weighted by Crippen LogP contribution is -2.40. The van der Waals surface area contributed by atoms with E-state index in [2.05, 4.69) is 39.0 Å². The van der Waals surface area contributed by atoms with Gasteiger partial charge in [-0.25, -0.2) is 9.89 Å². The van der Waals surface area contributed by atoms with Crippen LogP contribution in [0.5, 0.6) is 0 Å². The molecule has 0 saturated heterocycles. The first-order chi connectivity index (χ1) is 12.7. The van der Waals surface area contributed by atoms with E-state index >= 15 is 0 Å². The number of hydrogen-bond donors (Lipinski definition) is 3. The minimum atomic E-state index is -0.121. The third-order valence-corrected chi connectivity index (χ3v) is 6.12. The summed E-state index contributed by atoms with van der Waals surface area (Å²) < 4.78 is 1.65. The summed E-state index contributed by atoms with van der Waals surface area (Å²) in [6.45, 7) is 3.00. The van der Waals surface area contributed by atoms with Gasteiger partial charge >= 0.3 is 5.69 Å². The second-order valence-corrected chi connectivity index (χ2v) is 7.72. The first kappa shape index (κ1) is 17.5. The summed E-state index contributed by atoms with van der Waals surface area (Å²) in [7, 11) is 1.80. The zero-order chi connectivity index (χ0) is 17.9. The van der Waals surface area contributed by atoms with Crippen LogP contribution in [0.3, 0.4) is 0 Å². The second kappa shape index (κ2) is 7.76. The molecule has 0 bridgehead atoms. The maximum atomic E-state index is 11.6. The van der Waals surface area contributed by atoms with Crippen LogP contribution in [0.1, 0.15) is 48.2 Å². The van der Waals surface area contributed by atoms with Gasteiger partial charge in [0.25, 0.3) is 0 Å². The Bertz CT molecular complexity index is 809. The van der Waals surface area contributed by atoms with E-state index in [-0.39, 0.29) is 5.69 Å². The molecule has 140 valence electrons. The molecule has 0 radical (unpaired) electrons. The summed E-state index contributed by atoms with van der Waals surface area (Å²) in [5.41, 5.74) is 4.30. The van der Waals surface area contributed by atoms with Gasteiger partial charge in [-0.1, -0.05) is 31.0 Å². The second-order valence-electron chi connectivity index (χ2n) is 7.72. The van der Waals surface area contributed by atoms with Gasteiger partial charge in [-0.2, -0.15) is 5.10 Å². The SMILES string of the molecule is Cn1c(C[C@H]2CCCC[C@H]2NCc2cccc3c2CCNC3)n[nH]c1=O. The van der Waals surface area contributed by atoms with Crippen LogP contribution in [0, 0.1) is 5.92 Å². The van der Waals surface area contributed by atoms with Crippen molar-refractivity contribution >= 4 is 0 Å². The molecule has 0 unspecified atom stereocenters. The predicted octanol–water partition coefficient (Wildman–Crippen LogP) is 1.65. The van der Waals surface area contributed by atoms with E-state index in [1.165, 1.54) is 42.4 Å². The lowest BCUT2D eigenvalue weighted by Gasteiger charge is -2.32. The van der Waals surface area contributed by atoms with Gasteiger partial charge in [0, 0.05) is 32.6 Å². The number of nitrogens with one attached hydrogen (secondary N) is 3. The molecule has 3 N–H and O–H groups in total. The Morgan fingerprint density at radius 3 is 3.04 bits per heavy atom. The Labute approximate surface area is 154 Å². The van der Waals surface area contributed by atoms with Crippen LogP contribution in [0.25, 0.3) is 0 Å². The highest BCUT2D eigenvalue weighted by molar-refractivity contribution is 5.37. The molecule has 2 aliphatic rings. The molecule has 1 aromatic carbocycles. The van der Waals surface area contributed by atoms with Crippen LogP contribution in [0.4, 0.5) is 0 Å². The molecule has 0 amide bonds. The van der Waals surface area contributed by atoms with Crippen LogP contribution in [0.15, 0.2) is 23.0 Å². The van der Waals surface area contributed by atoms with Crippen molar-refractivity contribution in [3.8, 4) is 0 Å². The molecule has 1 saturated carbocycles. The normalized spacial score (nSPS) is 23.0. The van der Waals surface area contributed by atoms with Crippen LogP contribution in [-0.2, 0) is 33.0 Å². The van der Waals surface area contributed by atoms with E-state index in [4.69, 9.17) is 0 Å². The molecule has 6 heteroatoms. The number of benzene rings is 1. The van der Waals surface area contributed by atoms with Crippen LogP contribution in [-0.4, -0.2) is 27.4 Å². The number of rotatable bonds is 5. The van der Waals surface area contributed by atoms with Crippen LogP contribution < -0.4 is 16.3 Å². The van der Waals surface area contributed by atoms with E-state index in [1.807, 2.05) is 0 Å². The standard InChI is InChI=1S/C20H29N5O/c1-25-19(23-24-20(25)26)11-14-5-2-3-8-18(14)22-13-16-7-4-6-15-12-21-10-9-17(15)16/h4,6-7,14,18,21-22H,2-3,5,8-13H2,1H3,(H,24,26)/t14-,18-/m1/s1. The van der Waals surface area contributed by atoms with E-state index in [0.717, 1.165) is 38.3 Å². The highest BCUT2D eigenvalue weighted by Crippen LogP contribution is 2.28. The maximum Gasteiger partial charge on any atom is 0.343 e. The summed E-state index contributed by atoms with van der Waals surface area (Å²) in [4.78, 5) is 11.6. The van der Waals surface area contributed by atoms with Crippen molar-refractivity contribution in [2.24, 2.45) is 13.0 Å². The maximum absolute atomic E-state index is 11.6. The number of fused-ring (bicyclic) bond motifs is 1. The first-order valence-corrected chi connectivity index (χ1v) is 9.86. The number of aromatic nitrogens is 3. The predicted molar refractivity (Wildman–Crippen MR) is 102 cm³/mol. The lowest BCUT2D eigenvalue weighted by atomic mass is 9.82. The van der Waals surface area contributed by atoms with Crippen molar-refractivity contribution < 1.29 is 0 Å². The molecule has 26 heavy (non-hydrogen) atoms. The highest BCUT2D eigenvalue weighted by atomic mass is 16.1. The van der Waals surface area contributed by atoms with Gasteiger partial charge in [0.2, 0.25) is 0 Å². The number of aromatic amines is 1. The Balaban J connectivity index is 1.44. The fraction of sp³-hybridized carbons (Fsp3) is 0.600. The smallest absolute Gasteiger partial charge is 0.312 e. The highest BCUT2D eigenvalue weighted by Gasteiger charge is 2.27. The monoisotopic (exact) mass is 355 g/mol. The average Bonchev–Trinajstić information content (AvgIpc) is 2.99. The zero-order valence-corrected chi connectivity index (χ0v) is 15.6. The van der Waals surface area contributed by atoms with Crippen molar-refractivity contribution in [1.29, 1.82) is 0 Å². The molecule has 4 rings (SSSR count). The van der Waals surface area contributed by atoms with Gasteiger partial charge in [-0.3, -0.25) is 4.57 Å². The zero-order valence-electron chi connectivity index (χ0n) is 15.6. The lowest BCUT2D eigenvalue weighted by molar-refractivity contribution is 0.254. The molecule has 0 spiro atoms. The summed E-state index contributed by atoms with van der Waals surface area (Å²) in [6.07, 6.45) is 6.95. The topological polar surface area (TPSA) is 74.7 Å². The minimum Gasteiger partial charge on any atom is -0.312 e. The van der Waals surface area contributed by atoms with Crippen molar-refractivity contribution in [3.05, 3.63) is 51.2 Å². The Kier molecular flexibility index (Phi) is 5.22. The fourth-order valence-electron chi connectivity index (χ4n) is 4.54. The molecule has 1 aliphatic carbocycles. The molecule has 1 aromatic heterocycles. The molecule has 6 nitrogen and oxygen atoms in total. The third-order valence-electron chi connectivity index (χ3n) is 6.12. The molecule has 2 aromatic rings. The van der Waals surface area contributed by atoms with Gasteiger partial charge < -0.3 is 10.6 Å². The summed E-state index contributed by atoms with van der Waals surface area (Å²) in [5.74, 6) is 1.41. The van der Waals surface area contributed by atoms with E-state index < -0.39 is 0 Å². The van der Waals surface area contributed by atoms with E-state index in [1.54, 1.807) is 11.6 Å². The van der Waals surface area contributed by atoms with Crippen LogP contribution >= 0.6 is 0 Å². The van der Waals surface area contributed by atoms with Crippen molar-refractivity contribution in [2.45, 2.75) is 57.7 Å². The molecular formula is C20H29N5O. The molecule has 1 fully saturated rings. The van der Waals surface area contributed by atoms with Gasteiger partial charge in [-0.15, -0.1) is 0 Å². The van der Waals surface area contributed by atoms with Crippen molar-refractivity contribution in [2.75, 3.05) is 6.54 Å². The molecule has 2 heterocycles. The van der Waals surface area contributed by atoms with Gasteiger partial charge in [0.1, 0.15) is 5.82 Å². The summed E-state index contributed by atoms with van der Waals surface area (Å²) in [5, 5.41) is 14.1. The van der Waals surface area contributed by atoms with Crippen molar-refractivity contribution in [1.82, 2.24) is 25.4 Å². The average molecular weight is 355 g/mol.